The molecule has 1 N–H and O–H groups in total. The van der Waals surface area contributed by atoms with Gasteiger partial charge in [0, 0.05) is 35.6 Å². The molecule has 158 valence electrons. The normalized spacial score (nSPS) is 15.4. The monoisotopic (exact) mass is 422 g/mol. The third-order valence-corrected chi connectivity index (χ3v) is 5.74. The fourth-order valence-corrected chi connectivity index (χ4v) is 4.32. The Hall–Kier alpha value is -2.43. The largest absolute Gasteiger partial charge is 0.317 e. The highest BCUT2D eigenvalue weighted by Crippen LogP contribution is 2.40. The Kier molecular flexibility index (Phi) is 7.83. The number of aliphatic imine (C=N–C) groups is 1. The summed E-state index contributed by atoms with van der Waals surface area (Å²) in [5, 5.41) is 5.52. The van der Waals surface area contributed by atoms with Crippen molar-refractivity contribution in [3.63, 3.8) is 0 Å². The summed E-state index contributed by atoms with van der Waals surface area (Å²) < 4.78 is 2.32. The highest BCUT2D eigenvalue weighted by atomic mass is 35.5. The second-order valence-electron chi connectivity index (χ2n) is 7.25. The van der Waals surface area contributed by atoms with E-state index in [0.717, 1.165) is 42.2 Å². The van der Waals surface area contributed by atoms with Gasteiger partial charge in [-0.05, 0) is 86.3 Å². The molecule has 0 unspecified atom stereocenters. The van der Waals surface area contributed by atoms with Crippen LogP contribution in [-0.4, -0.2) is 35.9 Å². The van der Waals surface area contributed by atoms with Gasteiger partial charge in [0.15, 0.2) is 0 Å². The number of fused-ring (bicyclic) bond motifs is 1. The molecule has 30 heavy (non-hydrogen) atoms. The Bertz CT molecular complexity index is 1030. The Morgan fingerprint density at radius 2 is 1.87 bits per heavy atom. The van der Waals surface area contributed by atoms with Crippen LogP contribution in [0.5, 0.6) is 0 Å². The minimum atomic E-state index is 0.525. The average Bonchev–Trinajstić information content (AvgIpc) is 3.15. The van der Waals surface area contributed by atoms with Crippen LogP contribution in [0.4, 0.5) is 0 Å². The van der Waals surface area contributed by atoms with Crippen LogP contribution in [0.25, 0.3) is 22.2 Å². The van der Waals surface area contributed by atoms with E-state index in [0.29, 0.717) is 5.92 Å². The van der Waals surface area contributed by atoms with Gasteiger partial charge in [-0.15, -0.1) is 0 Å². The lowest BCUT2D eigenvalue weighted by molar-refractivity contribution is 0.461. The summed E-state index contributed by atoms with van der Waals surface area (Å²) in [5.74, 6) is 0.525. The molecule has 3 heterocycles. The summed E-state index contributed by atoms with van der Waals surface area (Å²) >= 11 is 6.16. The number of benzene rings is 1. The molecule has 3 aromatic rings. The lowest BCUT2D eigenvalue weighted by Crippen LogP contribution is -2.27. The van der Waals surface area contributed by atoms with Crippen molar-refractivity contribution in [1.29, 1.82) is 0 Å². The summed E-state index contributed by atoms with van der Waals surface area (Å²) in [6, 6.07) is 10.2. The zero-order valence-electron chi connectivity index (χ0n) is 18.3. The maximum absolute atomic E-state index is 6.16. The van der Waals surface area contributed by atoms with E-state index < -0.39 is 0 Å². The van der Waals surface area contributed by atoms with E-state index in [1.165, 1.54) is 22.2 Å². The number of nitrogens with one attached hydrogen (secondary N) is 1. The first kappa shape index (κ1) is 22.3. The molecular weight excluding hydrogens is 392 g/mol. The van der Waals surface area contributed by atoms with Crippen LogP contribution in [0.15, 0.2) is 53.8 Å². The molecule has 0 bridgehead atoms. The molecule has 1 saturated heterocycles. The number of nitrogens with zero attached hydrogens (tertiary/aromatic N) is 3. The fourth-order valence-electron chi connectivity index (χ4n) is 4.20. The minimum Gasteiger partial charge on any atom is -0.317 e. The number of hydrogen-bond acceptors (Lipinski definition) is 3. The van der Waals surface area contributed by atoms with Crippen LogP contribution in [0.1, 0.15) is 50.8 Å². The molecule has 4 nitrogen and oxygen atoms in total. The van der Waals surface area contributed by atoms with Crippen molar-refractivity contribution in [1.82, 2.24) is 14.9 Å². The van der Waals surface area contributed by atoms with E-state index in [1.807, 2.05) is 44.6 Å². The molecule has 0 radical (unpaired) electrons. The molecule has 1 fully saturated rings. The van der Waals surface area contributed by atoms with Gasteiger partial charge in [-0.3, -0.25) is 9.98 Å². The van der Waals surface area contributed by atoms with Gasteiger partial charge in [0.25, 0.3) is 0 Å². The first-order valence-electron chi connectivity index (χ1n) is 10.7. The summed E-state index contributed by atoms with van der Waals surface area (Å²) in [5.41, 5.74) is 6.10. The van der Waals surface area contributed by atoms with E-state index >= 15 is 0 Å². The molecule has 1 aromatic carbocycles. The van der Waals surface area contributed by atoms with Gasteiger partial charge in [0.1, 0.15) is 0 Å². The third-order valence-electron chi connectivity index (χ3n) is 5.49. The van der Waals surface area contributed by atoms with Gasteiger partial charge in [-0.2, -0.15) is 0 Å². The predicted octanol–water partition coefficient (Wildman–Crippen LogP) is 6.28. The van der Waals surface area contributed by atoms with Gasteiger partial charge >= 0.3 is 0 Å². The van der Waals surface area contributed by atoms with E-state index in [9.17, 15) is 0 Å². The molecule has 4 rings (SSSR count). The number of aromatic nitrogens is 2. The number of halogens is 1. The van der Waals surface area contributed by atoms with Crippen molar-refractivity contribution in [2.45, 2.75) is 39.5 Å². The molecule has 0 aliphatic carbocycles. The Labute approximate surface area is 184 Å². The first-order valence-corrected chi connectivity index (χ1v) is 11.1. The summed E-state index contributed by atoms with van der Waals surface area (Å²) in [6.45, 7) is 8.28. The van der Waals surface area contributed by atoms with Gasteiger partial charge in [-0.1, -0.05) is 25.4 Å². The van der Waals surface area contributed by atoms with Crippen molar-refractivity contribution in [2.75, 3.05) is 20.1 Å². The third kappa shape index (κ3) is 4.50. The van der Waals surface area contributed by atoms with Gasteiger partial charge in [-0.25, -0.2) is 0 Å². The first-order chi connectivity index (χ1) is 14.7. The summed E-state index contributed by atoms with van der Waals surface area (Å²) in [4.78, 5) is 8.59. The van der Waals surface area contributed by atoms with Crippen LogP contribution in [-0.2, 0) is 0 Å². The molecule has 0 saturated carbocycles. The lowest BCUT2D eigenvalue weighted by atomic mass is 9.87. The van der Waals surface area contributed by atoms with Crippen LogP contribution in [0.3, 0.4) is 0 Å². The quantitative estimate of drug-likeness (QED) is 0.503. The van der Waals surface area contributed by atoms with E-state index in [4.69, 9.17) is 11.6 Å². The number of pyridine rings is 1. The number of hydrogen-bond donors (Lipinski definition) is 1. The maximum atomic E-state index is 6.16. The molecule has 0 atom stereocenters. The van der Waals surface area contributed by atoms with E-state index in [2.05, 4.69) is 51.1 Å². The summed E-state index contributed by atoms with van der Waals surface area (Å²) in [6.07, 6.45) is 10.1. The minimum absolute atomic E-state index is 0.525. The van der Waals surface area contributed by atoms with Gasteiger partial charge in [0.05, 0.1) is 17.4 Å². The SMILES string of the molecule is CC.CN=C/C=C(\C)c1c(C2CCNCC2)c2ccncc2n1-c1ccc(Cl)cc1. The Balaban J connectivity index is 0.00000124. The molecule has 2 aromatic heterocycles. The predicted molar refractivity (Wildman–Crippen MR) is 130 cm³/mol. The second-order valence-corrected chi connectivity index (χ2v) is 7.68. The van der Waals surface area contributed by atoms with Crippen molar-refractivity contribution >= 4 is 34.3 Å². The van der Waals surface area contributed by atoms with Crippen molar-refractivity contribution in [2.24, 2.45) is 4.99 Å². The Morgan fingerprint density at radius 1 is 1.17 bits per heavy atom. The lowest BCUT2D eigenvalue weighted by Gasteiger charge is -2.24. The van der Waals surface area contributed by atoms with E-state index in [-0.39, 0.29) is 0 Å². The van der Waals surface area contributed by atoms with E-state index in [1.54, 1.807) is 7.05 Å². The molecule has 0 spiro atoms. The van der Waals surface area contributed by atoms with Crippen LogP contribution in [0, 0.1) is 0 Å². The van der Waals surface area contributed by atoms with Crippen molar-refractivity contribution in [3.8, 4) is 5.69 Å². The Morgan fingerprint density at radius 3 is 2.53 bits per heavy atom. The molecule has 1 aliphatic rings. The number of rotatable bonds is 4. The standard InChI is InChI=1S/C23H25ClN4.C2H6/c1-16(7-11-25-2)23-22(17-8-12-26-13-9-17)20-10-14-27-15-21(20)28(23)19-5-3-18(24)4-6-19;1-2/h3-7,10-11,14-15,17,26H,8-9,12-13H2,1-2H3;1-2H3/b16-7+,25-11?;. The highest BCUT2D eigenvalue weighted by Gasteiger charge is 2.26. The molecule has 0 amide bonds. The summed E-state index contributed by atoms with van der Waals surface area (Å²) in [7, 11) is 1.80. The van der Waals surface area contributed by atoms with Crippen molar-refractivity contribution in [3.05, 3.63) is 65.1 Å². The number of allylic oxidation sites excluding steroid dienone is 2. The fraction of sp³-hybridized carbons (Fsp3) is 0.360. The topological polar surface area (TPSA) is 42.2 Å². The smallest absolute Gasteiger partial charge is 0.0721 e. The van der Waals surface area contributed by atoms with Crippen LogP contribution in [0.2, 0.25) is 5.02 Å². The van der Waals surface area contributed by atoms with Gasteiger partial charge in [0.2, 0.25) is 0 Å². The van der Waals surface area contributed by atoms with Crippen LogP contribution >= 0.6 is 11.6 Å². The number of piperidine rings is 1. The second kappa shape index (κ2) is 10.6. The maximum Gasteiger partial charge on any atom is 0.0721 e. The molecular formula is C25H31ClN4. The molecule has 1 aliphatic heterocycles. The molecule has 5 heteroatoms. The zero-order chi connectivity index (χ0) is 21.5. The van der Waals surface area contributed by atoms with Crippen LogP contribution < -0.4 is 5.32 Å². The zero-order valence-corrected chi connectivity index (χ0v) is 19.1. The van der Waals surface area contributed by atoms with Gasteiger partial charge < -0.3 is 9.88 Å². The van der Waals surface area contributed by atoms with Crippen molar-refractivity contribution < 1.29 is 0 Å². The highest BCUT2D eigenvalue weighted by molar-refractivity contribution is 6.30. The average molecular weight is 423 g/mol.